The normalized spacial score (nSPS) is 10.2. The Kier molecular flexibility index (Phi) is 1.81. The molecule has 2 rings (SSSR count). The molecule has 0 atom stereocenters. The fraction of sp³-hybridized carbons (Fsp3) is 0.0909. The molecule has 0 saturated carbocycles. The molecular weight excluding hydrogens is 162 g/mol. The standard InChI is InChI=1S/C11H11NO/c1-8-2-7-11(12-8)9-3-5-10(13)6-4-9/h2-7,12-13H,1H3. The van der Waals surface area contributed by atoms with Crippen LogP contribution >= 0.6 is 0 Å². The van der Waals surface area contributed by atoms with Gasteiger partial charge in [0.2, 0.25) is 0 Å². The van der Waals surface area contributed by atoms with Gasteiger partial charge in [-0.25, -0.2) is 0 Å². The number of phenols is 1. The maximum absolute atomic E-state index is 9.10. The lowest BCUT2D eigenvalue weighted by Crippen LogP contribution is -1.76. The van der Waals surface area contributed by atoms with Gasteiger partial charge in [0.1, 0.15) is 5.75 Å². The molecule has 13 heavy (non-hydrogen) atoms. The number of aromatic nitrogens is 1. The Morgan fingerprint density at radius 3 is 2.23 bits per heavy atom. The van der Waals surface area contributed by atoms with E-state index in [1.54, 1.807) is 12.1 Å². The predicted octanol–water partition coefficient (Wildman–Crippen LogP) is 2.70. The zero-order chi connectivity index (χ0) is 9.26. The molecule has 2 heteroatoms. The lowest BCUT2D eigenvalue weighted by molar-refractivity contribution is 0.475. The molecule has 0 amide bonds. The molecule has 0 spiro atoms. The Bertz CT molecular complexity index is 400. The summed E-state index contributed by atoms with van der Waals surface area (Å²) in [5.41, 5.74) is 3.31. The third-order valence-corrected chi connectivity index (χ3v) is 2.01. The van der Waals surface area contributed by atoms with Crippen LogP contribution in [0.5, 0.6) is 5.75 Å². The van der Waals surface area contributed by atoms with Crippen LogP contribution in [0, 0.1) is 6.92 Å². The number of aromatic amines is 1. The highest BCUT2D eigenvalue weighted by atomic mass is 16.3. The Morgan fingerprint density at radius 2 is 1.69 bits per heavy atom. The summed E-state index contributed by atoms with van der Waals surface area (Å²) >= 11 is 0. The average Bonchev–Trinajstić information content (AvgIpc) is 2.53. The van der Waals surface area contributed by atoms with Gasteiger partial charge in [-0.1, -0.05) is 0 Å². The summed E-state index contributed by atoms with van der Waals surface area (Å²) in [7, 11) is 0. The van der Waals surface area contributed by atoms with Gasteiger partial charge in [0.05, 0.1) is 0 Å². The largest absolute Gasteiger partial charge is 0.508 e. The molecule has 0 aliphatic carbocycles. The van der Waals surface area contributed by atoms with Crippen molar-refractivity contribution in [3.05, 3.63) is 42.1 Å². The van der Waals surface area contributed by atoms with E-state index in [1.807, 2.05) is 31.2 Å². The Balaban J connectivity index is 2.41. The first-order valence-corrected chi connectivity index (χ1v) is 4.21. The first-order chi connectivity index (χ1) is 6.25. The highest BCUT2D eigenvalue weighted by Crippen LogP contribution is 2.20. The summed E-state index contributed by atoms with van der Waals surface area (Å²) in [4.78, 5) is 3.23. The number of hydrogen-bond donors (Lipinski definition) is 2. The van der Waals surface area contributed by atoms with Gasteiger partial charge in [-0.2, -0.15) is 0 Å². The van der Waals surface area contributed by atoms with Crippen LogP contribution in [0.1, 0.15) is 5.69 Å². The minimum Gasteiger partial charge on any atom is -0.508 e. The van der Waals surface area contributed by atoms with Crippen molar-refractivity contribution >= 4 is 0 Å². The van der Waals surface area contributed by atoms with Gasteiger partial charge in [0.15, 0.2) is 0 Å². The lowest BCUT2D eigenvalue weighted by atomic mass is 10.1. The quantitative estimate of drug-likeness (QED) is 0.683. The molecule has 0 aliphatic heterocycles. The van der Waals surface area contributed by atoms with E-state index in [4.69, 9.17) is 5.11 Å². The van der Waals surface area contributed by atoms with Gasteiger partial charge in [-0.3, -0.25) is 0 Å². The van der Waals surface area contributed by atoms with E-state index in [-0.39, 0.29) is 0 Å². The zero-order valence-corrected chi connectivity index (χ0v) is 7.41. The van der Waals surface area contributed by atoms with Gasteiger partial charge < -0.3 is 10.1 Å². The summed E-state index contributed by atoms with van der Waals surface area (Å²) in [5, 5.41) is 9.10. The van der Waals surface area contributed by atoms with Gasteiger partial charge >= 0.3 is 0 Å². The van der Waals surface area contributed by atoms with Crippen LogP contribution in [-0.4, -0.2) is 10.1 Å². The highest BCUT2D eigenvalue weighted by molar-refractivity contribution is 5.60. The lowest BCUT2D eigenvalue weighted by Gasteiger charge is -1.97. The number of aryl methyl sites for hydroxylation is 1. The Labute approximate surface area is 76.9 Å². The first-order valence-electron chi connectivity index (χ1n) is 4.21. The summed E-state index contributed by atoms with van der Waals surface area (Å²) < 4.78 is 0. The van der Waals surface area contributed by atoms with Crippen LogP contribution < -0.4 is 0 Å². The minimum atomic E-state index is 0.298. The summed E-state index contributed by atoms with van der Waals surface area (Å²) in [6.45, 7) is 2.02. The Hall–Kier alpha value is -1.70. The summed E-state index contributed by atoms with van der Waals surface area (Å²) in [6.07, 6.45) is 0. The second-order valence-corrected chi connectivity index (χ2v) is 3.10. The molecule has 2 N–H and O–H groups in total. The third kappa shape index (κ3) is 1.56. The highest BCUT2D eigenvalue weighted by Gasteiger charge is 1.98. The van der Waals surface area contributed by atoms with Gasteiger partial charge in [-0.05, 0) is 48.9 Å². The molecule has 0 aliphatic rings. The van der Waals surface area contributed by atoms with Crippen molar-refractivity contribution in [3.63, 3.8) is 0 Å². The van der Waals surface area contributed by atoms with Crippen molar-refractivity contribution in [2.24, 2.45) is 0 Å². The van der Waals surface area contributed by atoms with E-state index in [0.717, 1.165) is 17.0 Å². The Morgan fingerprint density at radius 1 is 1.00 bits per heavy atom. The van der Waals surface area contributed by atoms with E-state index < -0.39 is 0 Å². The van der Waals surface area contributed by atoms with E-state index in [0.29, 0.717) is 5.75 Å². The van der Waals surface area contributed by atoms with Crippen molar-refractivity contribution in [2.45, 2.75) is 6.92 Å². The van der Waals surface area contributed by atoms with Crippen molar-refractivity contribution in [3.8, 4) is 17.0 Å². The number of nitrogens with one attached hydrogen (secondary N) is 1. The molecule has 2 nitrogen and oxygen atoms in total. The molecule has 0 fully saturated rings. The van der Waals surface area contributed by atoms with Crippen LogP contribution in [-0.2, 0) is 0 Å². The van der Waals surface area contributed by atoms with Crippen LogP contribution in [0.2, 0.25) is 0 Å². The first kappa shape index (κ1) is 7.92. The van der Waals surface area contributed by atoms with Crippen LogP contribution in [0.25, 0.3) is 11.3 Å². The van der Waals surface area contributed by atoms with E-state index in [9.17, 15) is 0 Å². The van der Waals surface area contributed by atoms with Gasteiger partial charge in [0.25, 0.3) is 0 Å². The molecule has 2 aromatic rings. The number of rotatable bonds is 1. The molecule has 1 aromatic carbocycles. The fourth-order valence-corrected chi connectivity index (χ4v) is 1.31. The number of phenolic OH excluding ortho intramolecular Hbond substituents is 1. The molecule has 66 valence electrons. The van der Waals surface area contributed by atoms with Crippen molar-refractivity contribution in [2.75, 3.05) is 0 Å². The summed E-state index contributed by atoms with van der Waals surface area (Å²) in [5.74, 6) is 0.298. The second kappa shape index (κ2) is 2.98. The molecular formula is C11H11NO. The number of hydrogen-bond acceptors (Lipinski definition) is 1. The van der Waals surface area contributed by atoms with E-state index in [1.165, 1.54) is 0 Å². The van der Waals surface area contributed by atoms with Gasteiger partial charge in [-0.15, -0.1) is 0 Å². The van der Waals surface area contributed by atoms with E-state index >= 15 is 0 Å². The fourth-order valence-electron chi connectivity index (χ4n) is 1.31. The van der Waals surface area contributed by atoms with Crippen LogP contribution in [0.4, 0.5) is 0 Å². The van der Waals surface area contributed by atoms with Crippen molar-refractivity contribution in [1.29, 1.82) is 0 Å². The SMILES string of the molecule is Cc1ccc(-c2ccc(O)cc2)[nH]1. The molecule has 0 radical (unpaired) electrons. The van der Waals surface area contributed by atoms with Gasteiger partial charge in [0, 0.05) is 11.4 Å². The van der Waals surface area contributed by atoms with Crippen LogP contribution in [0.15, 0.2) is 36.4 Å². The number of H-pyrrole nitrogens is 1. The molecule has 0 bridgehead atoms. The van der Waals surface area contributed by atoms with Crippen LogP contribution in [0.3, 0.4) is 0 Å². The monoisotopic (exact) mass is 173 g/mol. The maximum atomic E-state index is 9.10. The molecule has 1 heterocycles. The predicted molar refractivity (Wildman–Crippen MR) is 52.6 cm³/mol. The molecule has 0 saturated heterocycles. The topological polar surface area (TPSA) is 36.0 Å². The third-order valence-electron chi connectivity index (χ3n) is 2.01. The number of aromatic hydroxyl groups is 1. The number of benzene rings is 1. The summed E-state index contributed by atoms with van der Waals surface area (Å²) in [6, 6.07) is 11.2. The zero-order valence-electron chi connectivity index (χ0n) is 7.41. The smallest absolute Gasteiger partial charge is 0.115 e. The molecule has 0 unspecified atom stereocenters. The molecule has 1 aromatic heterocycles. The average molecular weight is 173 g/mol. The second-order valence-electron chi connectivity index (χ2n) is 3.10. The maximum Gasteiger partial charge on any atom is 0.115 e. The van der Waals surface area contributed by atoms with Crippen molar-refractivity contribution < 1.29 is 5.11 Å². The minimum absolute atomic E-state index is 0.298. The van der Waals surface area contributed by atoms with Crippen molar-refractivity contribution in [1.82, 2.24) is 4.98 Å². The van der Waals surface area contributed by atoms with E-state index in [2.05, 4.69) is 4.98 Å².